The number of methoxy groups -OCH3 is 2. The second-order valence-corrected chi connectivity index (χ2v) is 8.52. The summed E-state index contributed by atoms with van der Waals surface area (Å²) >= 11 is 0. The number of fused-ring (bicyclic) bond motifs is 1. The Bertz CT molecular complexity index is 716. The summed E-state index contributed by atoms with van der Waals surface area (Å²) in [5.41, 5.74) is 0.569. The first kappa shape index (κ1) is 19.5. The first-order chi connectivity index (χ1) is 13.6. The van der Waals surface area contributed by atoms with Gasteiger partial charge < -0.3 is 19.5 Å². The van der Waals surface area contributed by atoms with Gasteiger partial charge in [0.2, 0.25) is 5.91 Å². The SMILES string of the molecule is COc1ccc(C2(C(=O)N[C@@H]3C[C@H]4CO[C@H](C)CN4C3)CCCC2)cc1OC. The zero-order chi connectivity index (χ0) is 19.7. The standard InChI is InChI=1S/C22H32N2O4/c1-15-12-24-13-17(11-18(24)14-28-15)23-21(25)22(8-4-5-9-22)16-6-7-19(26-2)20(10-16)27-3/h6-7,10,15,17-18H,4-5,8-9,11-14H2,1-3H3,(H,23,25)/t15-,17-,18+/m1/s1. The quantitative estimate of drug-likeness (QED) is 0.840. The number of nitrogens with one attached hydrogen (secondary N) is 1. The lowest BCUT2D eigenvalue weighted by atomic mass is 9.77. The van der Waals surface area contributed by atoms with Gasteiger partial charge in [0, 0.05) is 25.2 Å². The number of hydrogen-bond acceptors (Lipinski definition) is 5. The van der Waals surface area contributed by atoms with Crippen LogP contribution in [0.3, 0.4) is 0 Å². The minimum absolute atomic E-state index is 0.163. The van der Waals surface area contributed by atoms with Crippen LogP contribution in [0.1, 0.15) is 44.6 Å². The molecule has 2 saturated heterocycles. The molecule has 28 heavy (non-hydrogen) atoms. The number of benzene rings is 1. The molecule has 0 aromatic heterocycles. The summed E-state index contributed by atoms with van der Waals surface area (Å²) in [4.78, 5) is 16.0. The van der Waals surface area contributed by atoms with Crippen LogP contribution in [-0.4, -0.2) is 62.9 Å². The number of hydrogen-bond donors (Lipinski definition) is 1. The highest BCUT2D eigenvalue weighted by molar-refractivity contribution is 5.89. The van der Waals surface area contributed by atoms with Crippen molar-refractivity contribution in [3.8, 4) is 11.5 Å². The lowest BCUT2D eigenvalue weighted by Crippen LogP contribution is -2.48. The summed E-state index contributed by atoms with van der Waals surface area (Å²) in [5, 5.41) is 3.39. The normalized spacial score (nSPS) is 29.3. The average molecular weight is 389 g/mol. The third kappa shape index (κ3) is 3.48. The minimum atomic E-state index is -0.466. The molecule has 1 amide bonds. The van der Waals surface area contributed by atoms with Crippen LogP contribution in [0.2, 0.25) is 0 Å². The maximum Gasteiger partial charge on any atom is 0.230 e. The van der Waals surface area contributed by atoms with Crippen molar-refractivity contribution >= 4 is 5.91 Å². The van der Waals surface area contributed by atoms with Gasteiger partial charge in [0.15, 0.2) is 11.5 Å². The van der Waals surface area contributed by atoms with E-state index < -0.39 is 5.41 Å². The molecule has 0 bridgehead atoms. The Kier molecular flexibility index (Phi) is 5.52. The fourth-order valence-corrected chi connectivity index (χ4v) is 5.23. The minimum Gasteiger partial charge on any atom is -0.493 e. The molecular formula is C22H32N2O4. The Labute approximate surface area is 167 Å². The van der Waals surface area contributed by atoms with Crippen molar-refractivity contribution in [2.75, 3.05) is 33.9 Å². The zero-order valence-corrected chi connectivity index (χ0v) is 17.2. The molecule has 3 aliphatic rings. The van der Waals surface area contributed by atoms with Crippen molar-refractivity contribution in [3.05, 3.63) is 23.8 Å². The van der Waals surface area contributed by atoms with Gasteiger partial charge in [0.25, 0.3) is 0 Å². The molecule has 6 nitrogen and oxygen atoms in total. The summed E-state index contributed by atoms with van der Waals surface area (Å²) < 4.78 is 16.7. The van der Waals surface area contributed by atoms with Gasteiger partial charge in [0.05, 0.1) is 32.3 Å². The number of amides is 1. The topological polar surface area (TPSA) is 60.0 Å². The summed E-state index contributed by atoms with van der Waals surface area (Å²) in [6.07, 6.45) is 5.17. The van der Waals surface area contributed by atoms with Crippen LogP contribution >= 0.6 is 0 Å². The Balaban J connectivity index is 1.52. The van der Waals surface area contributed by atoms with Crippen LogP contribution in [0.5, 0.6) is 11.5 Å². The Morgan fingerprint density at radius 1 is 1.18 bits per heavy atom. The molecule has 0 unspecified atom stereocenters. The molecule has 3 atom stereocenters. The largest absolute Gasteiger partial charge is 0.493 e. The summed E-state index contributed by atoms with van der Waals surface area (Å²) in [6.45, 7) is 4.77. The molecule has 1 saturated carbocycles. The maximum atomic E-state index is 13.5. The third-order valence-electron chi connectivity index (χ3n) is 6.76. The number of ether oxygens (including phenoxy) is 3. The van der Waals surface area contributed by atoms with Gasteiger partial charge in [-0.25, -0.2) is 0 Å². The van der Waals surface area contributed by atoms with Gasteiger partial charge in [-0.1, -0.05) is 18.9 Å². The Morgan fingerprint density at radius 2 is 1.93 bits per heavy atom. The van der Waals surface area contributed by atoms with Crippen LogP contribution < -0.4 is 14.8 Å². The fourth-order valence-electron chi connectivity index (χ4n) is 5.23. The van der Waals surface area contributed by atoms with Gasteiger partial charge >= 0.3 is 0 Å². The van der Waals surface area contributed by atoms with E-state index in [1.807, 2.05) is 18.2 Å². The average Bonchev–Trinajstić information content (AvgIpc) is 3.34. The van der Waals surface area contributed by atoms with E-state index in [0.717, 1.165) is 57.4 Å². The second kappa shape index (κ2) is 7.91. The van der Waals surface area contributed by atoms with Gasteiger partial charge in [0.1, 0.15) is 0 Å². The summed E-state index contributed by atoms with van der Waals surface area (Å²) in [7, 11) is 3.27. The number of morpholine rings is 1. The number of carbonyl (C=O) groups excluding carboxylic acids is 1. The summed E-state index contributed by atoms with van der Waals surface area (Å²) in [6, 6.07) is 6.55. The molecule has 1 aromatic rings. The van der Waals surface area contributed by atoms with E-state index >= 15 is 0 Å². The van der Waals surface area contributed by atoms with E-state index in [9.17, 15) is 4.79 Å². The highest BCUT2D eigenvalue weighted by Gasteiger charge is 2.45. The van der Waals surface area contributed by atoms with Gasteiger partial charge in [-0.05, 0) is 43.9 Å². The van der Waals surface area contributed by atoms with Crippen molar-refractivity contribution in [3.63, 3.8) is 0 Å². The maximum absolute atomic E-state index is 13.5. The predicted octanol–water partition coefficient (Wildman–Crippen LogP) is 2.49. The zero-order valence-electron chi connectivity index (χ0n) is 17.2. The first-order valence-corrected chi connectivity index (χ1v) is 10.4. The predicted molar refractivity (Wildman–Crippen MR) is 107 cm³/mol. The number of rotatable bonds is 5. The monoisotopic (exact) mass is 388 g/mol. The Hall–Kier alpha value is -1.79. The third-order valence-corrected chi connectivity index (χ3v) is 6.76. The molecular weight excluding hydrogens is 356 g/mol. The number of nitrogens with zero attached hydrogens (tertiary/aromatic N) is 1. The summed E-state index contributed by atoms with van der Waals surface area (Å²) in [5.74, 6) is 1.54. The number of carbonyl (C=O) groups is 1. The molecule has 154 valence electrons. The van der Waals surface area contributed by atoms with Crippen molar-refractivity contribution in [1.82, 2.24) is 10.2 Å². The fraction of sp³-hybridized carbons (Fsp3) is 0.682. The van der Waals surface area contributed by atoms with E-state index in [4.69, 9.17) is 14.2 Å². The molecule has 2 aliphatic heterocycles. The van der Waals surface area contributed by atoms with Crippen LogP contribution in [0.25, 0.3) is 0 Å². The van der Waals surface area contributed by atoms with Crippen molar-refractivity contribution in [2.24, 2.45) is 0 Å². The smallest absolute Gasteiger partial charge is 0.230 e. The lowest BCUT2D eigenvalue weighted by molar-refractivity contribution is -0.127. The molecule has 1 N–H and O–H groups in total. The van der Waals surface area contributed by atoms with E-state index in [1.54, 1.807) is 14.2 Å². The van der Waals surface area contributed by atoms with Crippen molar-refractivity contribution < 1.29 is 19.0 Å². The van der Waals surface area contributed by atoms with Crippen molar-refractivity contribution in [2.45, 2.75) is 62.6 Å². The first-order valence-electron chi connectivity index (χ1n) is 10.4. The van der Waals surface area contributed by atoms with Crippen LogP contribution in [0.4, 0.5) is 0 Å². The molecule has 1 aromatic carbocycles. The molecule has 2 heterocycles. The van der Waals surface area contributed by atoms with Gasteiger partial charge in [-0.15, -0.1) is 0 Å². The molecule has 1 aliphatic carbocycles. The van der Waals surface area contributed by atoms with E-state index in [0.29, 0.717) is 17.5 Å². The van der Waals surface area contributed by atoms with Gasteiger partial charge in [-0.3, -0.25) is 9.69 Å². The highest BCUT2D eigenvalue weighted by atomic mass is 16.5. The van der Waals surface area contributed by atoms with Crippen LogP contribution in [0.15, 0.2) is 18.2 Å². The molecule has 0 spiro atoms. The Morgan fingerprint density at radius 3 is 2.64 bits per heavy atom. The van der Waals surface area contributed by atoms with E-state index in [-0.39, 0.29) is 18.1 Å². The lowest BCUT2D eigenvalue weighted by Gasteiger charge is -2.33. The van der Waals surface area contributed by atoms with Crippen LogP contribution in [-0.2, 0) is 14.9 Å². The van der Waals surface area contributed by atoms with Crippen molar-refractivity contribution in [1.29, 1.82) is 0 Å². The molecule has 6 heteroatoms. The molecule has 3 fully saturated rings. The van der Waals surface area contributed by atoms with Crippen LogP contribution in [0, 0.1) is 0 Å². The van der Waals surface area contributed by atoms with E-state index in [2.05, 4.69) is 17.1 Å². The molecule has 0 radical (unpaired) electrons. The van der Waals surface area contributed by atoms with E-state index in [1.165, 1.54) is 0 Å². The highest BCUT2D eigenvalue weighted by Crippen LogP contribution is 2.44. The van der Waals surface area contributed by atoms with Gasteiger partial charge in [-0.2, -0.15) is 0 Å². The molecule has 4 rings (SSSR count). The second-order valence-electron chi connectivity index (χ2n) is 8.52.